The maximum absolute atomic E-state index is 10.8. The monoisotopic (exact) mass is 248 g/mol. The molecule has 74 valence electrons. The van der Waals surface area contributed by atoms with Crippen LogP contribution in [0.3, 0.4) is 0 Å². The smallest absolute Gasteiger partial charge is 0.212 e. The molecule has 0 fully saturated rings. The predicted molar refractivity (Wildman–Crippen MR) is 55.9 cm³/mol. The van der Waals surface area contributed by atoms with Gasteiger partial charge in [0.15, 0.2) is 0 Å². The van der Waals surface area contributed by atoms with Crippen molar-refractivity contribution in [1.82, 2.24) is 9.59 Å². The van der Waals surface area contributed by atoms with Gasteiger partial charge in [-0.3, -0.25) is 0 Å². The zero-order valence-corrected chi connectivity index (χ0v) is 9.23. The van der Waals surface area contributed by atoms with Crippen molar-refractivity contribution in [3.05, 3.63) is 23.8 Å². The molecule has 0 aliphatic carbocycles. The number of fused-ring (bicyclic) bond motifs is 1. The molecule has 7 heteroatoms. The molecule has 1 aromatic heterocycles. The van der Waals surface area contributed by atoms with E-state index in [0.717, 1.165) is 10.2 Å². The van der Waals surface area contributed by atoms with E-state index in [0.29, 0.717) is 5.56 Å². The van der Waals surface area contributed by atoms with Crippen molar-refractivity contribution in [3.8, 4) is 0 Å². The van der Waals surface area contributed by atoms with Gasteiger partial charge in [0.05, 0.1) is 10.5 Å². The van der Waals surface area contributed by atoms with E-state index < -0.39 is 9.05 Å². The van der Waals surface area contributed by atoms with Gasteiger partial charge >= 0.3 is 0 Å². The largest absolute Gasteiger partial charge is 0.236 e. The number of nitrogens with zero attached hydrogens (tertiary/aromatic N) is 2. The van der Waals surface area contributed by atoms with Gasteiger partial charge in [-0.1, -0.05) is 10.6 Å². The molecule has 0 amide bonds. The molecule has 14 heavy (non-hydrogen) atoms. The molecule has 4 nitrogen and oxygen atoms in total. The molecule has 1 aromatic carbocycles. The van der Waals surface area contributed by atoms with E-state index in [1.54, 1.807) is 18.2 Å². The highest BCUT2D eigenvalue weighted by molar-refractivity contribution is 8.13. The maximum Gasteiger partial charge on any atom is 0.236 e. The van der Waals surface area contributed by atoms with E-state index in [2.05, 4.69) is 9.59 Å². The molecule has 0 saturated heterocycles. The summed E-state index contributed by atoms with van der Waals surface area (Å²) in [5, 5.41) is 3.84. The lowest BCUT2D eigenvalue weighted by Crippen LogP contribution is -1.94. The first-order chi connectivity index (χ1) is 6.54. The van der Waals surface area contributed by atoms with Gasteiger partial charge in [0.1, 0.15) is 5.52 Å². The van der Waals surface area contributed by atoms with E-state index in [1.807, 2.05) is 0 Å². The third-order valence-electron chi connectivity index (χ3n) is 1.65. The first-order valence-electron chi connectivity index (χ1n) is 3.68. The van der Waals surface area contributed by atoms with Crippen LogP contribution in [0.2, 0.25) is 0 Å². The third kappa shape index (κ3) is 2.20. The van der Waals surface area contributed by atoms with Gasteiger partial charge < -0.3 is 0 Å². The lowest BCUT2D eigenvalue weighted by molar-refractivity contribution is 0.609. The van der Waals surface area contributed by atoms with Gasteiger partial charge in [-0.15, -0.1) is 5.10 Å². The van der Waals surface area contributed by atoms with E-state index in [9.17, 15) is 8.42 Å². The summed E-state index contributed by atoms with van der Waals surface area (Å²) in [4.78, 5) is 0. The van der Waals surface area contributed by atoms with Gasteiger partial charge in [0.2, 0.25) is 9.05 Å². The molecule has 0 aliphatic heterocycles. The molecule has 2 rings (SSSR count). The normalized spacial score (nSPS) is 12.1. The van der Waals surface area contributed by atoms with Crippen molar-refractivity contribution in [3.63, 3.8) is 0 Å². The average molecular weight is 249 g/mol. The molecule has 1 heterocycles. The highest BCUT2D eigenvalue weighted by atomic mass is 35.7. The first kappa shape index (κ1) is 9.82. The minimum Gasteiger partial charge on any atom is -0.212 e. The van der Waals surface area contributed by atoms with Crippen molar-refractivity contribution in [2.75, 3.05) is 0 Å². The third-order valence-corrected chi connectivity index (χ3v) is 3.34. The second-order valence-corrected chi connectivity index (χ2v) is 6.32. The van der Waals surface area contributed by atoms with Gasteiger partial charge in [-0.2, -0.15) is 0 Å². The van der Waals surface area contributed by atoms with Crippen molar-refractivity contribution in [2.24, 2.45) is 0 Å². The van der Waals surface area contributed by atoms with Crippen LogP contribution in [0.5, 0.6) is 0 Å². The molecule has 0 spiro atoms. The molecule has 0 aliphatic rings. The summed E-state index contributed by atoms with van der Waals surface area (Å²) in [5.74, 6) is -0.164. The molecular formula is C7H5ClN2O2S2. The fraction of sp³-hybridized carbons (Fsp3) is 0.143. The van der Waals surface area contributed by atoms with Crippen molar-refractivity contribution >= 4 is 41.5 Å². The van der Waals surface area contributed by atoms with Crippen LogP contribution in [0.1, 0.15) is 5.56 Å². The summed E-state index contributed by atoms with van der Waals surface area (Å²) in [5.41, 5.74) is 1.42. The van der Waals surface area contributed by atoms with E-state index >= 15 is 0 Å². The molecule has 0 N–H and O–H groups in total. The van der Waals surface area contributed by atoms with Gasteiger partial charge in [0.25, 0.3) is 0 Å². The average Bonchev–Trinajstić information content (AvgIpc) is 2.47. The zero-order chi connectivity index (χ0) is 10.2. The minimum atomic E-state index is -3.49. The number of aromatic nitrogens is 2. The summed E-state index contributed by atoms with van der Waals surface area (Å²) in [6.07, 6.45) is 0. The Morgan fingerprint density at radius 2 is 2.21 bits per heavy atom. The zero-order valence-electron chi connectivity index (χ0n) is 6.84. The summed E-state index contributed by atoms with van der Waals surface area (Å²) < 4.78 is 26.2. The quantitative estimate of drug-likeness (QED) is 0.760. The van der Waals surface area contributed by atoms with Crippen LogP contribution in [0.4, 0.5) is 0 Å². The van der Waals surface area contributed by atoms with Crippen molar-refractivity contribution < 1.29 is 8.42 Å². The van der Waals surface area contributed by atoms with E-state index in [1.165, 1.54) is 11.5 Å². The maximum atomic E-state index is 10.8. The second-order valence-electron chi connectivity index (χ2n) is 2.76. The lowest BCUT2D eigenvalue weighted by Gasteiger charge is -1.96. The van der Waals surface area contributed by atoms with Crippen LogP contribution >= 0.6 is 22.2 Å². The first-order valence-corrected chi connectivity index (χ1v) is 6.93. The fourth-order valence-corrected chi connectivity index (χ4v) is 2.69. The molecule has 0 atom stereocenters. The van der Waals surface area contributed by atoms with Crippen LogP contribution < -0.4 is 0 Å². The number of rotatable bonds is 2. The van der Waals surface area contributed by atoms with Gasteiger partial charge in [-0.25, -0.2) is 8.42 Å². The van der Waals surface area contributed by atoms with Crippen molar-refractivity contribution in [2.45, 2.75) is 5.75 Å². The Hall–Kier alpha value is -0.720. The Bertz CT molecular complexity index is 564. The molecule has 0 saturated carbocycles. The minimum absolute atomic E-state index is 0.164. The van der Waals surface area contributed by atoms with Gasteiger partial charge in [0, 0.05) is 10.7 Å². The lowest BCUT2D eigenvalue weighted by atomic mass is 10.2. The molecule has 0 unspecified atom stereocenters. The number of hydrogen-bond acceptors (Lipinski definition) is 5. The van der Waals surface area contributed by atoms with Crippen LogP contribution in [0.15, 0.2) is 18.2 Å². The van der Waals surface area contributed by atoms with E-state index in [4.69, 9.17) is 10.7 Å². The summed E-state index contributed by atoms with van der Waals surface area (Å²) in [6, 6.07) is 5.15. The molecular weight excluding hydrogens is 244 g/mol. The Morgan fingerprint density at radius 1 is 1.43 bits per heavy atom. The fourth-order valence-electron chi connectivity index (χ4n) is 1.11. The SMILES string of the molecule is O=S(=O)(Cl)Cc1ccc2nnsc2c1. The van der Waals surface area contributed by atoms with Crippen LogP contribution in [-0.4, -0.2) is 18.0 Å². The van der Waals surface area contributed by atoms with Crippen LogP contribution in [-0.2, 0) is 14.8 Å². The molecule has 2 aromatic rings. The summed E-state index contributed by atoms with van der Waals surface area (Å²) in [7, 11) is 1.64. The predicted octanol–water partition coefficient (Wildman–Crippen LogP) is 1.76. The summed E-state index contributed by atoms with van der Waals surface area (Å²) >= 11 is 1.23. The number of halogens is 1. The number of benzene rings is 1. The van der Waals surface area contributed by atoms with Crippen LogP contribution in [0.25, 0.3) is 10.2 Å². The second kappa shape index (κ2) is 3.45. The van der Waals surface area contributed by atoms with Crippen molar-refractivity contribution in [1.29, 1.82) is 0 Å². The Morgan fingerprint density at radius 3 is 2.93 bits per heavy atom. The standard InChI is InChI=1S/C7H5ClN2O2S2/c8-14(11,12)4-5-1-2-6-7(3-5)13-10-9-6/h1-3H,4H2. The topological polar surface area (TPSA) is 59.9 Å². The van der Waals surface area contributed by atoms with Crippen LogP contribution in [0, 0.1) is 0 Å². The highest BCUT2D eigenvalue weighted by Crippen LogP contribution is 2.19. The molecule has 0 radical (unpaired) electrons. The number of hydrogen-bond donors (Lipinski definition) is 0. The molecule has 0 bridgehead atoms. The highest BCUT2D eigenvalue weighted by Gasteiger charge is 2.08. The van der Waals surface area contributed by atoms with Gasteiger partial charge in [-0.05, 0) is 29.2 Å². The Balaban J connectivity index is 2.44. The Labute approximate surface area is 89.1 Å². The summed E-state index contributed by atoms with van der Waals surface area (Å²) in [6.45, 7) is 0. The van der Waals surface area contributed by atoms with E-state index in [-0.39, 0.29) is 5.75 Å². The Kier molecular flexibility index (Phi) is 2.42.